The van der Waals surface area contributed by atoms with Gasteiger partial charge < -0.3 is 10.2 Å². The largest absolute Gasteiger partial charge is 0.357 e. The summed E-state index contributed by atoms with van der Waals surface area (Å²) in [6.45, 7) is 5.17. The molecular weight excluding hydrogens is 433 g/mol. The van der Waals surface area contributed by atoms with Crippen LogP contribution in [0.4, 0.5) is 10.1 Å². The molecule has 0 fully saturated rings. The molecule has 0 radical (unpaired) electrons. The molecule has 2 aromatic carbocycles. The lowest BCUT2D eigenvalue weighted by molar-refractivity contribution is -0.139. The standard InChI is InChI=1S/C23H30FN3O4S/c1-16(2)19-8-12-21(13-9-19)27(32(5,30)31)15-22(28)26(17(3)23(29)25-4)14-18-6-10-20(24)11-7-18/h6-13,16-17H,14-15H2,1-5H3,(H,25,29). The third kappa shape index (κ3) is 6.53. The van der Waals surface area contributed by atoms with E-state index in [0.717, 1.165) is 16.1 Å². The van der Waals surface area contributed by atoms with Gasteiger partial charge in [-0.05, 0) is 48.2 Å². The average molecular weight is 464 g/mol. The monoisotopic (exact) mass is 463 g/mol. The molecule has 2 rings (SSSR count). The van der Waals surface area contributed by atoms with Crippen LogP contribution in [0, 0.1) is 5.82 Å². The van der Waals surface area contributed by atoms with Crippen molar-refractivity contribution in [2.75, 3.05) is 24.2 Å². The Kier molecular flexibility index (Phi) is 8.38. The minimum absolute atomic E-state index is 0.0254. The number of halogens is 1. The van der Waals surface area contributed by atoms with Crippen molar-refractivity contribution in [1.29, 1.82) is 0 Å². The first-order valence-electron chi connectivity index (χ1n) is 10.3. The summed E-state index contributed by atoms with van der Waals surface area (Å²) >= 11 is 0. The van der Waals surface area contributed by atoms with E-state index in [1.165, 1.54) is 36.2 Å². The summed E-state index contributed by atoms with van der Waals surface area (Å²) < 4.78 is 39.3. The van der Waals surface area contributed by atoms with E-state index in [-0.39, 0.29) is 12.5 Å². The minimum atomic E-state index is -3.77. The van der Waals surface area contributed by atoms with Gasteiger partial charge in [0.1, 0.15) is 18.4 Å². The SMILES string of the molecule is CNC(=O)C(C)N(Cc1ccc(F)cc1)C(=O)CN(c1ccc(C(C)C)cc1)S(C)(=O)=O. The molecule has 0 aliphatic heterocycles. The van der Waals surface area contributed by atoms with Crippen molar-refractivity contribution in [3.05, 3.63) is 65.5 Å². The second kappa shape index (κ2) is 10.6. The Morgan fingerprint density at radius 1 is 1.00 bits per heavy atom. The van der Waals surface area contributed by atoms with Gasteiger partial charge >= 0.3 is 0 Å². The number of hydrogen-bond donors (Lipinski definition) is 1. The van der Waals surface area contributed by atoms with Crippen LogP contribution in [-0.2, 0) is 26.2 Å². The van der Waals surface area contributed by atoms with Crippen LogP contribution in [0.15, 0.2) is 48.5 Å². The van der Waals surface area contributed by atoms with E-state index in [2.05, 4.69) is 5.32 Å². The quantitative estimate of drug-likeness (QED) is 0.620. The molecule has 1 unspecified atom stereocenters. The fourth-order valence-corrected chi connectivity index (χ4v) is 4.07. The molecule has 0 aliphatic rings. The number of rotatable bonds is 9. The molecule has 0 saturated heterocycles. The molecule has 0 heterocycles. The highest BCUT2D eigenvalue weighted by Gasteiger charge is 2.29. The fourth-order valence-electron chi connectivity index (χ4n) is 3.22. The van der Waals surface area contributed by atoms with E-state index in [9.17, 15) is 22.4 Å². The van der Waals surface area contributed by atoms with Crippen LogP contribution in [0.25, 0.3) is 0 Å². The molecule has 7 nitrogen and oxygen atoms in total. The van der Waals surface area contributed by atoms with E-state index in [0.29, 0.717) is 11.3 Å². The number of nitrogens with one attached hydrogen (secondary N) is 1. The van der Waals surface area contributed by atoms with Crippen molar-refractivity contribution in [3.63, 3.8) is 0 Å². The Morgan fingerprint density at radius 3 is 2.03 bits per heavy atom. The van der Waals surface area contributed by atoms with Gasteiger partial charge in [0.25, 0.3) is 0 Å². The van der Waals surface area contributed by atoms with Crippen molar-refractivity contribution in [3.8, 4) is 0 Å². The normalized spacial score (nSPS) is 12.3. The number of sulfonamides is 1. The number of anilines is 1. The lowest BCUT2D eigenvalue weighted by Gasteiger charge is -2.31. The number of hydrogen-bond acceptors (Lipinski definition) is 4. The Labute approximate surface area is 189 Å². The zero-order valence-corrected chi connectivity index (χ0v) is 19.8. The molecule has 0 spiro atoms. The van der Waals surface area contributed by atoms with Gasteiger partial charge in [-0.15, -0.1) is 0 Å². The molecule has 0 aliphatic carbocycles. The first-order chi connectivity index (χ1) is 14.9. The predicted molar refractivity (Wildman–Crippen MR) is 123 cm³/mol. The van der Waals surface area contributed by atoms with E-state index in [1.54, 1.807) is 19.1 Å². The third-order valence-corrected chi connectivity index (χ3v) is 6.35. The fraction of sp³-hybridized carbons (Fsp3) is 0.391. The van der Waals surface area contributed by atoms with Crippen LogP contribution in [0.3, 0.4) is 0 Å². The van der Waals surface area contributed by atoms with Crippen LogP contribution in [-0.4, -0.2) is 51.0 Å². The number of carbonyl (C=O) groups is 2. The molecule has 1 N–H and O–H groups in total. The molecule has 2 aromatic rings. The molecule has 0 bridgehead atoms. The van der Waals surface area contributed by atoms with Gasteiger partial charge in [-0.1, -0.05) is 38.1 Å². The van der Waals surface area contributed by atoms with Crippen LogP contribution < -0.4 is 9.62 Å². The second-order valence-electron chi connectivity index (χ2n) is 7.95. The number of likely N-dealkylation sites (N-methyl/N-ethyl adjacent to an activating group) is 1. The van der Waals surface area contributed by atoms with Crippen LogP contribution in [0.1, 0.15) is 37.8 Å². The third-order valence-electron chi connectivity index (χ3n) is 5.21. The van der Waals surface area contributed by atoms with Crippen LogP contribution in [0.2, 0.25) is 0 Å². The van der Waals surface area contributed by atoms with Gasteiger partial charge in [-0.3, -0.25) is 13.9 Å². The molecule has 0 saturated carbocycles. The Morgan fingerprint density at radius 2 is 1.56 bits per heavy atom. The maximum absolute atomic E-state index is 13.3. The maximum atomic E-state index is 13.3. The molecule has 174 valence electrons. The smallest absolute Gasteiger partial charge is 0.244 e. The van der Waals surface area contributed by atoms with Gasteiger partial charge in [0.05, 0.1) is 11.9 Å². The van der Waals surface area contributed by atoms with Crippen molar-refractivity contribution in [2.24, 2.45) is 0 Å². The molecule has 2 amide bonds. The van der Waals surface area contributed by atoms with Gasteiger partial charge in [-0.25, -0.2) is 12.8 Å². The van der Waals surface area contributed by atoms with Crippen molar-refractivity contribution < 1.29 is 22.4 Å². The summed E-state index contributed by atoms with van der Waals surface area (Å²) in [4.78, 5) is 26.8. The maximum Gasteiger partial charge on any atom is 0.244 e. The van der Waals surface area contributed by atoms with Crippen molar-refractivity contribution in [2.45, 2.75) is 39.3 Å². The van der Waals surface area contributed by atoms with Gasteiger partial charge in [0, 0.05) is 13.6 Å². The van der Waals surface area contributed by atoms with Crippen LogP contribution in [0.5, 0.6) is 0 Å². The molecule has 1 atom stereocenters. The highest BCUT2D eigenvalue weighted by molar-refractivity contribution is 7.92. The summed E-state index contributed by atoms with van der Waals surface area (Å²) in [7, 11) is -2.32. The summed E-state index contributed by atoms with van der Waals surface area (Å²) in [5.74, 6) is -1.09. The topological polar surface area (TPSA) is 86.8 Å². The Hall–Kier alpha value is -2.94. The highest BCUT2D eigenvalue weighted by atomic mass is 32.2. The first-order valence-corrected chi connectivity index (χ1v) is 12.1. The first kappa shape index (κ1) is 25.3. The average Bonchev–Trinajstić information content (AvgIpc) is 2.75. The second-order valence-corrected chi connectivity index (χ2v) is 9.86. The lowest BCUT2D eigenvalue weighted by atomic mass is 10.0. The number of carbonyl (C=O) groups excluding carboxylic acids is 2. The molecule has 32 heavy (non-hydrogen) atoms. The summed E-state index contributed by atoms with van der Waals surface area (Å²) in [5.41, 5.74) is 2.02. The zero-order chi connectivity index (χ0) is 24.1. The Bertz CT molecular complexity index is 1040. The number of amides is 2. The zero-order valence-electron chi connectivity index (χ0n) is 19.0. The van der Waals surface area contributed by atoms with E-state index < -0.39 is 40.2 Å². The van der Waals surface area contributed by atoms with Gasteiger partial charge in [0.2, 0.25) is 21.8 Å². The molecular formula is C23H30FN3O4S. The minimum Gasteiger partial charge on any atom is -0.357 e. The van der Waals surface area contributed by atoms with Gasteiger partial charge in [-0.2, -0.15) is 0 Å². The summed E-state index contributed by atoms with van der Waals surface area (Å²) in [6.07, 6.45) is 1.03. The molecule has 9 heteroatoms. The molecule has 0 aromatic heterocycles. The number of benzene rings is 2. The highest BCUT2D eigenvalue weighted by Crippen LogP contribution is 2.22. The lowest BCUT2D eigenvalue weighted by Crippen LogP contribution is -2.50. The predicted octanol–water partition coefficient (Wildman–Crippen LogP) is 2.88. The Balaban J connectivity index is 2.36. The number of nitrogens with zero attached hydrogens (tertiary/aromatic N) is 2. The van der Waals surface area contributed by atoms with E-state index in [1.807, 2.05) is 26.0 Å². The van der Waals surface area contributed by atoms with Gasteiger partial charge in [0.15, 0.2) is 0 Å². The summed E-state index contributed by atoms with van der Waals surface area (Å²) in [5, 5.41) is 2.50. The summed E-state index contributed by atoms with van der Waals surface area (Å²) in [6, 6.07) is 11.7. The van der Waals surface area contributed by atoms with E-state index >= 15 is 0 Å². The van der Waals surface area contributed by atoms with Crippen molar-refractivity contribution >= 4 is 27.5 Å². The van der Waals surface area contributed by atoms with Crippen molar-refractivity contribution in [1.82, 2.24) is 10.2 Å². The van der Waals surface area contributed by atoms with E-state index in [4.69, 9.17) is 0 Å². The van der Waals surface area contributed by atoms with Crippen LogP contribution >= 0.6 is 0 Å².